The maximum atomic E-state index is 12.0. The van der Waals surface area contributed by atoms with Gasteiger partial charge in [0.15, 0.2) is 9.84 Å². The lowest BCUT2D eigenvalue weighted by Gasteiger charge is -2.29. The molecule has 5 nitrogen and oxygen atoms in total. The third kappa shape index (κ3) is 3.42. The quantitative estimate of drug-likeness (QED) is 0.724. The van der Waals surface area contributed by atoms with Gasteiger partial charge in [0, 0.05) is 26.2 Å². The zero-order valence-corrected chi connectivity index (χ0v) is 11.6. The summed E-state index contributed by atoms with van der Waals surface area (Å²) in [5.41, 5.74) is 0. The van der Waals surface area contributed by atoms with Crippen LogP contribution in [-0.4, -0.2) is 56.4 Å². The molecule has 1 heterocycles. The minimum atomic E-state index is -3.32. The minimum Gasteiger partial charge on any atom is -0.342 e. The Kier molecular flexibility index (Phi) is 4.94. The minimum absolute atomic E-state index is 0.119. The van der Waals surface area contributed by atoms with Crippen molar-refractivity contribution in [1.29, 1.82) is 0 Å². The van der Waals surface area contributed by atoms with Crippen LogP contribution in [0, 0.1) is 5.92 Å². The third-order valence-corrected chi connectivity index (χ3v) is 5.51. The van der Waals surface area contributed by atoms with E-state index in [1.165, 1.54) is 6.92 Å². The molecule has 0 aromatic heterocycles. The molecular weight excluding hydrogens is 240 g/mol. The van der Waals surface area contributed by atoms with E-state index < -0.39 is 15.1 Å². The van der Waals surface area contributed by atoms with E-state index in [0.717, 1.165) is 13.1 Å². The predicted molar refractivity (Wildman–Crippen MR) is 67.5 cm³/mol. The number of carbonyl (C=O) groups excluding carboxylic acids is 1. The fourth-order valence-corrected chi connectivity index (χ4v) is 3.52. The summed E-state index contributed by atoms with van der Waals surface area (Å²) in [5.74, 6) is 0.0167. The van der Waals surface area contributed by atoms with Crippen molar-refractivity contribution in [3.8, 4) is 0 Å². The predicted octanol–water partition coefficient (Wildman–Crippen LogP) is -0.122. The molecule has 1 atom stereocenters. The Morgan fingerprint density at radius 3 is 2.24 bits per heavy atom. The molecule has 1 amide bonds. The highest BCUT2D eigenvalue weighted by molar-refractivity contribution is 7.92. The number of nitrogens with one attached hydrogen (secondary N) is 1. The van der Waals surface area contributed by atoms with E-state index in [1.807, 2.05) is 13.8 Å². The van der Waals surface area contributed by atoms with Crippen molar-refractivity contribution in [1.82, 2.24) is 10.2 Å². The van der Waals surface area contributed by atoms with Crippen LogP contribution >= 0.6 is 0 Å². The van der Waals surface area contributed by atoms with E-state index in [4.69, 9.17) is 0 Å². The smallest absolute Gasteiger partial charge is 0.240 e. The van der Waals surface area contributed by atoms with Crippen molar-refractivity contribution in [2.75, 3.05) is 31.9 Å². The van der Waals surface area contributed by atoms with E-state index in [2.05, 4.69) is 5.32 Å². The molecule has 1 fully saturated rings. The van der Waals surface area contributed by atoms with Crippen LogP contribution in [0.5, 0.6) is 0 Å². The van der Waals surface area contributed by atoms with E-state index >= 15 is 0 Å². The highest BCUT2D eigenvalue weighted by Gasteiger charge is 2.34. The van der Waals surface area contributed by atoms with Gasteiger partial charge in [-0.15, -0.1) is 0 Å². The van der Waals surface area contributed by atoms with Gasteiger partial charge in [-0.25, -0.2) is 8.42 Å². The van der Waals surface area contributed by atoms with Crippen LogP contribution in [0.3, 0.4) is 0 Å². The van der Waals surface area contributed by atoms with E-state index in [-0.39, 0.29) is 17.6 Å². The van der Waals surface area contributed by atoms with Gasteiger partial charge in [0.1, 0.15) is 5.25 Å². The second kappa shape index (κ2) is 5.82. The molecule has 0 radical (unpaired) electrons. The Labute approximate surface area is 103 Å². The van der Waals surface area contributed by atoms with Crippen LogP contribution < -0.4 is 5.32 Å². The molecule has 100 valence electrons. The number of sulfone groups is 1. The average Bonchev–Trinajstić information content (AvgIpc) is 2.24. The lowest BCUT2D eigenvalue weighted by Crippen LogP contribution is -2.49. The summed E-state index contributed by atoms with van der Waals surface area (Å²) in [6.45, 7) is 7.81. The van der Waals surface area contributed by atoms with Crippen LogP contribution in [0.2, 0.25) is 0 Å². The van der Waals surface area contributed by atoms with Crippen molar-refractivity contribution >= 4 is 15.7 Å². The summed E-state index contributed by atoms with van der Waals surface area (Å²) in [5, 5.41) is 2.12. The molecule has 1 N–H and O–H groups in total. The summed E-state index contributed by atoms with van der Waals surface area (Å²) in [4.78, 5) is 13.5. The number of hydrogen-bond donors (Lipinski definition) is 1. The Hall–Kier alpha value is -0.620. The highest BCUT2D eigenvalue weighted by Crippen LogP contribution is 2.13. The SMILES string of the molecule is CCN(CC)C(=O)C(C)S(=O)(=O)CC1CNC1. The van der Waals surface area contributed by atoms with Gasteiger partial charge in [-0.1, -0.05) is 0 Å². The number of rotatable bonds is 6. The van der Waals surface area contributed by atoms with Crippen LogP contribution in [0.1, 0.15) is 20.8 Å². The molecule has 0 aromatic rings. The second-order valence-corrected chi connectivity index (χ2v) is 6.87. The largest absolute Gasteiger partial charge is 0.342 e. The van der Waals surface area contributed by atoms with Crippen molar-refractivity contribution < 1.29 is 13.2 Å². The van der Waals surface area contributed by atoms with Crippen molar-refractivity contribution in [3.05, 3.63) is 0 Å². The molecule has 0 spiro atoms. The number of hydrogen-bond acceptors (Lipinski definition) is 4. The molecular formula is C11H22N2O3S. The number of nitrogens with zero attached hydrogens (tertiary/aromatic N) is 1. The Balaban J connectivity index is 2.66. The molecule has 0 aliphatic carbocycles. The molecule has 0 bridgehead atoms. The summed E-state index contributed by atoms with van der Waals surface area (Å²) >= 11 is 0. The second-order valence-electron chi connectivity index (χ2n) is 4.51. The van der Waals surface area contributed by atoms with Crippen LogP contribution in [0.25, 0.3) is 0 Å². The van der Waals surface area contributed by atoms with Gasteiger partial charge in [0.05, 0.1) is 5.75 Å². The van der Waals surface area contributed by atoms with Gasteiger partial charge in [-0.3, -0.25) is 4.79 Å². The van der Waals surface area contributed by atoms with Crippen LogP contribution in [-0.2, 0) is 14.6 Å². The molecule has 17 heavy (non-hydrogen) atoms. The van der Waals surface area contributed by atoms with Gasteiger partial charge in [0.25, 0.3) is 0 Å². The van der Waals surface area contributed by atoms with Gasteiger partial charge in [0.2, 0.25) is 5.91 Å². The molecule has 0 saturated carbocycles. The maximum Gasteiger partial charge on any atom is 0.240 e. The van der Waals surface area contributed by atoms with Gasteiger partial charge >= 0.3 is 0 Å². The zero-order chi connectivity index (χ0) is 13.1. The Morgan fingerprint density at radius 1 is 1.35 bits per heavy atom. The number of carbonyl (C=O) groups is 1. The van der Waals surface area contributed by atoms with Gasteiger partial charge in [-0.2, -0.15) is 0 Å². The lowest BCUT2D eigenvalue weighted by atomic mass is 10.1. The fourth-order valence-electron chi connectivity index (χ4n) is 1.89. The monoisotopic (exact) mass is 262 g/mol. The summed E-state index contributed by atoms with van der Waals surface area (Å²) in [7, 11) is -3.32. The number of amides is 1. The summed E-state index contributed by atoms with van der Waals surface area (Å²) in [6.07, 6.45) is 0. The first-order chi connectivity index (χ1) is 7.92. The molecule has 1 aliphatic rings. The summed E-state index contributed by atoms with van der Waals surface area (Å²) in [6, 6.07) is 0. The Morgan fingerprint density at radius 2 is 1.88 bits per heavy atom. The standard InChI is InChI=1S/C11H22N2O3S/c1-4-13(5-2)11(14)9(3)17(15,16)8-10-6-12-7-10/h9-10,12H,4-8H2,1-3H3. The first kappa shape index (κ1) is 14.4. The lowest BCUT2D eigenvalue weighted by molar-refractivity contribution is -0.130. The zero-order valence-electron chi connectivity index (χ0n) is 10.8. The molecule has 0 aromatic carbocycles. The molecule has 1 rings (SSSR count). The molecule has 6 heteroatoms. The van der Waals surface area contributed by atoms with Crippen LogP contribution in [0.4, 0.5) is 0 Å². The van der Waals surface area contributed by atoms with Crippen molar-refractivity contribution in [2.45, 2.75) is 26.0 Å². The Bertz CT molecular complexity index is 359. The highest BCUT2D eigenvalue weighted by atomic mass is 32.2. The first-order valence-corrected chi connectivity index (χ1v) is 7.85. The van der Waals surface area contributed by atoms with E-state index in [1.54, 1.807) is 4.90 Å². The molecule has 1 saturated heterocycles. The van der Waals surface area contributed by atoms with E-state index in [0.29, 0.717) is 13.1 Å². The van der Waals surface area contributed by atoms with Crippen molar-refractivity contribution in [3.63, 3.8) is 0 Å². The van der Waals surface area contributed by atoms with Gasteiger partial charge < -0.3 is 10.2 Å². The topological polar surface area (TPSA) is 66.5 Å². The normalized spacial score (nSPS) is 18.5. The fraction of sp³-hybridized carbons (Fsp3) is 0.909. The first-order valence-electron chi connectivity index (χ1n) is 6.13. The van der Waals surface area contributed by atoms with Crippen LogP contribution in [0.15, 0.2) is 0 Å². The van der Waals surface area contributed by atoms with Crippen molar-refractivity contribution in [2.24, 2.45) is 5.92 Å². The van der Waals surface area contributed by atoms with E-state index in [9.17, 15) is 13.2 Å². The maximum absolute atomic E-state index is 12.0. The third-order valence-electron chi connectivity index (χ3n) is 3.30. The average molecular weight is 262 g/mol. The summed E-state index contributed by atoms with van der Waals surface area (Å²) < 4.78 is 24.1. The molecule has 1 aliphatic heterocycles. The molecule has 1 unspecified atom stereocenters. The van der Waals surface area contributed by atoms with Gasteiger partial charge in [-0.05, 0) is 26.7 Å².